The number of para-hydroxylation sites is 1. The van der Waals surface area contributed by atoms with Crippen LogP contribution in [-0.4, -0.2) is 59.4 Å². The van der Waals surface area contributed by atoms with Gasteiger partial charge in [0.15, 0.2) is 5.69 Å². The number of carbonyl (C=O) groups excluding carboxylic acids is 1. The predicted molar refractivity (Wildman–Crippen MR) is 120 cm³/mol. The first-order chi connectivity index (χ1) is 14.7. The SMILES string of the molecule is CCN1CCN(c2ccc(NC(=O)CSc3nc[nH][n+]3-c3ccccc3)cc2)CC1. The summed E-state index contributed by atoms with van der Waals surface area (Å²) in [6, 6.07) is 18.0. The highest BCUT2D eigenvalue weighted by Gasteiger charge is 2.19. The van der Waals surface area contributed by atoms with Gasteiger partial charge in [-0.1, -0.05) is 25.1 Å². The van der Waals surface area contributed by atoms with Crippen molar-refractivity contribution < 1.29 is 9.48 Å². The highest BCUT2D eigenvalue weighted by atomic mass is 32.2. The number of nitrogens with one attached hydrogen (secondary N) is 2. The number of aromatic nitrogens is 3. The number of aromatic amines is 1. The molecule has 8 heteroatoms. The van der Waals surface area contributed by atoms with Gasteiger partial charge in [-0.15, -0.1) is 4.68 Å². The molecule has 2 heterocycles. The first-order valence-corrected chi connectivity index (χ1v) is 11.2. The van der Waals surface area contributed by atoms with Crippen molar-refractivity contribution in [2.24, 2.45) is 0 Å². The molecule has 156 valence electrons. The van der Waals surface area contributed by atoms with E-state index in [1.54, 1.807) is 6.33 Å². The maximum Gasteiger partial charge on any atom is 0.385 e. The summed E-state index contributed by atoms with van der Waals surface area (Å²) < 4.78 is 1.87. The van der Waals surface area contributed by atoms with Crippen molar-refractivity contribution in [1.29, 1.82) is 0 Å². The number of hydrogen-bond donors (Lipinski definition) is 2. The second-order valence-electron chi connectivity index (χ2n) is 7.15. The molecule has 0 aliphatic carbocycles. The minimum atomic E-state index is -0.0491. The summed E-state index contributed by atoms with van der Waals surface area (Å²) in [5, 5.41) is 6.81. The Hall–Kier alpha value is -2.84. The van der Waals surface area contributed by atoms with Gasteiger partial charge < -0.3 is 15.1 Å². The van der Waals surface area contributed by atoms with Gasteiger partial charge >= 0.3 is 5.16 Å². The highest BCUT2D eigenvalue weighted by Crippen LogP contribution is 2.20. The van der Waals surface area contributed by atoms with Crippen LogP contribution in [0.1, 0.15) is 6.92 Å². The lowest BCUT2D eigenvalue weighted by molar-refractivity contribution is -0.694. The minimum absolute atomic E-state index is 0.0491. The van der Waals surface area contributed by atoms with Gasteiger partial charge in [0.1, 0.15) is 0 Å². The maximum absolute atomic E-state index is 12.4. The van der Waals surface area contributed by atoms with Crippen LogP contribution in [0.3, 0.4) is 0 Å². The summed E-state index contributed by atoms with van der Waals surface area (Å²) in [5.41, 5.74) is 3.00. The first-order valence-electron chi connectivity index (χ1n) is 10.2. The van der Waals surface area contributed by atoms with Gasteiger partial charge in [0, 0.05) is 37.6 Å². The fourth-order valence-electron chi connectivity index (χ4n) is 3.52. The molecule has 0 atom stereocenters. The standard InChI is InChI=1S/C22H26N6OS/c1-2-26-12-14-27(15-13-26)19-10-8-18(9-11-19)25-21(29)16-30-22-23-17-24-28(22)20-6-4-3-5-7-20/h3-11,17H,2,12-16H2,1H3,(H,25,29)/p+1. The van der Waals surface area contributed by atoms with Crippen LogP contribution >= 0.6 is 11.8 Å². The zero-order valence-electron chi connectivity index (χ0n) is 17.1. The van der Waals surface area contributed by atoms with Crippen LogP contribution in [0.25, 0.3) is 5.69 Å². The number of likely N-dealkylation sites (N-methyl/N-ethyl adjacent to an activating group) is 1. The molecule has 3 aromatic rings. The number of nitrogens with zero attached hydrogens (tertiary/aromatic N) is 4. The summed E-state index contributed by atoms with van der Waals surface area (Å²) in [5.74, 6) is 0.241. The van der Waals surface area contributed by atoms with Crippen molar-refractivity contribution in [3.05, 3.63) is 60.9 Å². The predicted octanol–water partition coefficient (Wildman–Crippen LogP) is 2.56. The van der Waals surface area contributed by atoms with Gasteiger partial charge in [0.05, 0.1) is 5.75 Å². The van der Waals surface area contributed by atoms with Crippen LogP contribution in [0.5, 0.6) is 0 Å². The molecule has 7 nitrogen and oxygen atoms in total. The molecule has 0 radical (unpaired) electrons. The molecule has 0 spiro atoms. The molecule has 0 bridgehead atoms. The molecule has 1 aromatic heterocycles. The number of hydrogen-bond acceptors (Lipinski definition) is 5. The Morgan fingerprint density at radius 1 is 1.10 bits per heavy atom. The molecule has 1 saturated heterocycles. The molecule has 1 amide bonds. The van der Waals surface area contributed by atoms with Gasteiger partial charge in [-0.05, 0) is 59.7 Å². The third-order valence-corrected chi connectivity index (χ3v) is 6.19. The summed E-state index contributed by atoms with van der Waals surface area (Å²) in [6.45, 7) is 7.60. The lowest BCUT2D eigenvalue weighted by Gasteiger charge is -2.35. The smallest absolute Gasteiger partial charge is 0.369 e. The molecule has 4 rings (SSSR count). The van der Waals surface area contributed by atoms with Crippen LogP contribution < -0.4 is 14.9 Å². The second-order valence-corrected chi connectivity index (χ2v) is 8.09. The summed E-state index contributed by atoms with van der Waals surface area (Å²) in [7, 11) is 0. The van der Waals surface area contributed by atoms with Crippen molar-refractivity contribution in [2.75, 3.05) is 48.7 Å². The van der Waals surface area contributed by atoms with Crippen molar-refractivity contribution >= 4 is 29.0 Å². The quantitative estimate of drug-likeness (QED) is 0.452. The van der Waals surface area contributed by atoms with Crippen molar-refractivity contribution in [1.82, 2.24) is 15.0 Å². The molecule has 2 aromatic carbocycles. The average Bonchev–Trinajstić information content (AvgIpc) is 3.28. The zero-order valence-corrected chi connectivity index (χ0v) is 17.9. The van der Waals surface area contributed by atoms with E-state index in [9.17, 15) is 4.79 Å². The number of thioether (sulfide) groups is 1. The van der Waals surface area contributed by atoms with E-state index in [0.717, 1.165) is 49.3 Å². The Bertz CT molecular complexity index is 951. The molecule has 1 aliphatic heterocycles. The molecule has 1 aliphatic rings. The largest absolute Gasteiger partial charge is 0.385 e. The van der Waals surface area contributed by atoms with E-state index in [0.29, 0.717) is 5.75 Å². The van der Waals surface area contributed by atoms with Crippen molar-refractivity contribution in [3.63, 3.8) is 0 Å². The van der Waals surface area contributed by atoms with Crippen LogP contribution in [0.4, 0.5) is 11.4 Å². The van der Waals surface area contributed by atoms with E-state index in [1.807, 2.05) is 47.1 Å². The fraction of sp³-hybridized carbons (Fsp3) is 0.318. The topological polar surface area (TPSA) is 68.1 Å². The van der Waals surface area contributed by atoms with Gasteiger partial charge in [-0.2, -0.15) is 5.10 Å². The third kappa shape index (κ3) is 5.01. The number of anilines is 2. The van der Waals surface area contributed by atoms with Gasteiger partial charge in [0.25, 0.3) is 0 Å². The Morgan fingerprint density at radius 2 is 1.83 bits per heavy atom. The van der Waals surface area contributed by atoms with Crippen LogP contribution in [0.2, 0.25) is 0 Å². The van der Waals surface area contributed by atoms with Gasteiger partial charge in [-0.3, -0.25) is 4.79 Å². The Balaban J connectivity index is 1.29. The maximum atomic E-state index is 12.4. The number of H-pyrrole nitrogens is 1. The number of carbonyl (C=O) groups is 1. The third-order valence-electron chi connectivity index (χ3n) is 5.24. The van der Waals surface area contributed by atoms with E-state index >= 15 is 0 Å². The molecule has 2 N–H and O–H groups in total. The average molecular weight is 424 g/mol. The van der Waals surface area contributed by atoms with E-state index < -0.39 is 0 Å². The highest BCUT2D eigenvalue weighted by molar-refractivity contribution is 7.99. The minimum Gasteiger partial charge on any atom is -0.369 e. The molecular weight excluding hydrogens is 396 g/mol. The first kappa shape index (κ1) is 20.4. The number of amides is 1. The number of piperazine rings is 1. The summed E-state index contributed by atoms with van der Waals surface area (Å²) >= 11 is 1.40. The van der Waals surface area contributed by atoms with Crippen LogP contribution in [0, 0.1) is 0 Å². The Labute approximate surface area is 181 Å². The lowest BCUT2D eigenvalue weighted by atomic mass is 10.2. The molecule has 1 fully saturated rings. The van der Waals surface area contributed by atoms with E-state index in [1.165, 1.54) is 17.4 Å². The van der Waals surface area contributed by atoms with E-state index in [2.05, 4.69) is 44.3 Å². The molecular formula is C22H27N6OS+. The monoisotopic (exact) mass is 423 g/mol. The Kier molecular flexibility index (Phi) is 6.66. The Morgan fingerprint density at radius 3 is 2.53 bits per heavy atom. The van der Waals surface area contributed by atoms with Crippen molar-refractivity contribution in [2.45, 2.75) is 12.1 Å². The zero-order chi connectivity index (χ0) is 20.8. The van der Waals surface area contributed by atoms with Crippen LogP contribution in [-0.2, 0) is 4.79 Å². The number of benzene rings is 2. The molecule has 0 saturated carbocycles. The van der Waals surface area contributed by atoms with Gasteiger partial charge in [0.2, 0.25) is 12.2 Å². The fourth-order valence-corrected chi connectivity index (χ4v) is 4.27. The van der Waals surface area contributed by atoms with Gasteiger partial charge in [-0.25, -0.2) is 0 Å². The van der Waals surface area contributed by atoms with Crippen LogP contribution in [0.15, 0.2) is 66.1 Å². The summed E-state index contributed by atoms with van der Waals surface area (Å²) in [4.78, 5) is 21.6. The van der Waals surface area contributed by atoms with E-state index in [4.69, 9.17) is 0 Å². The lowest BCUT2D eigenvalue weighted by Crippen LogP contribution is -2.46. The normalized spacial score (nSPS) is 14.6. The van der Waals surface area contributed by atoms with E-state index in [-0.39, 0.29) is 5.91 Å². The number of rotatable bonds is 7. The molecule has 30 heavy (non-hydrogen) atoms. The van der Waals surface area contributed by atoms with Crippen molar-refractivity contribution in [3.8, 4) is 5.69 Å². The second kappa shape index (κ2) is 9.77. The molecule has 0 unspecified atom stereocenters. The summed E-state index contributed by atoms with van der Waals surface area (Å²) in [6.07, 6.45) is 1.63.